The topological polar surface area (TPSA) is 109 Å². The Bertz CT molecular complexity index is 842. The predicted molar refractivity (Wildman–Crippen MR) is 89.3 cm³/mol. The van der Waals surface area contributed by atoms with Gasteiger partial charge in [-0.25, -0.2) is 4.79 Å². The summed E-state index contributed by atoms with van der Waals surface area (Å²) in [5, 5.41) is 21.3. The molecule has 0 unspecified atom stereocenters. The molecule has 1 amide bonds. The number of ether oxygens (including phenoxy) is 2. The van der Waals surface area contributed by atoms with Gasteiger partial charge in [0.1, 0.15) is 23.1 Å². The van der Waals surface area contributed by atoms with E-state index in [-0.39, 0.29) is 11.3 Å². The molecule has 0 fully saturated rings. The summed E-state index contributed by atoms with van der Waals surface area (Å²) in [6.07, 6.45) is -1.13. The molecule has 0 radical (unpaired) electrons. The summed E-state index contributed by atoms with van der Waals surface area (Å²) in [4.78, 5) is 24.3. The number of carbonyl (C=O) groups is 2. The molecule has 2 aromatic rings. The molecule has 2 aromatic carbocycles. The van der Waals surface area contributed by atoms with E-state index in [0.717, 1.165) is 0 Å². The van der Waals surface area contributed by atoms with Crippen LogP contribution in [0.15, 0.2) is 42.5 Å². The second kappa shape index (κ2) is 7.84. The fourth-order valence-corrected chi connectivity index (χ4v) is 2.01. The first-order valence-electron chi connectivity index (χ1n) is 7.34. The van der Waals surface area contributed by atoms with Crippen LogP contribution in [0, 0.1) is 11.3 Å². The second-order valence-corrected chi connectivity index (χ2v) is 5.08. The van der Waals surface area contributed by atoms with Gasteiger partial charge < -0.3 is 19.9 Å². The molecule has 0 saturated heterocycles. The number of rotatable bonds is 5. The molecule has 25 heavy (non-hydrogen) atoms. The number of phenolic OH excluding ortho intramolecular Hbond substituents is 1. The van der Waals surface area contributed by atoms with Gasteiger partial charge in [-0.1, -0.05) is 12.1 Å². The van der Waals surface area contributed by atoms with Gasteiger partial charge in [0.2, 0.25) is 0 Å². The number of methoxy groups -OCH3 is 1. The molecule has 1 atom stereocenters. The van der Waals surface area contributed by atoms with Crippen molar-refractivity contribution in [3.63, 3.8) is 0 Å². The fourth-order valence-electron chi connectivity index (χ4n) is 2.01. The lowest BCUT2D eigenvalue weighted by molar-refractivity contribution is -0.123. The maximum absolute atomic E-state index is 12.2. The number of nitrogens with one attached hydrogen (secondary N) is 1. The predicted octanol–water partition coefficient (Wildman–Crippen LogP) is 2.46. The highest BCUT2D eigenvalue weighted by Crippen LogP contribution is 2.24. The van der Waals surface area contributed by atoms with E-state index in [1.807, 2.05) is 6.07 Å². The molecular weight excluding hydrogens is 324 g/mol. The third-order valence-electron chi connectivity index (χ3n) is 3.38. The number of hydrogen-bond donors (Lipinski definition) is 2. The van der Waals surface area contributed by atoms with E-state index in [1.54, 1.807) is 24.3 Å². The molecule has 7 nitrogen and oxygen atoms in total. The van der Waals surface area contributed by atoms with Crippen LogP contribution in [0.5, 0.6) is 11.5 Å². The van der Waals surface area contributed by atoms with Crippen molar-refractivity contribution in [2.45, 2.75) is 13.0 Å². The van der Waals surface area contributed by atoms with Gasteiger partial charge in [-0.3, -0.25) is 4.79 Å². The Balaban J connectivity index is 2.08. The van der Waals surface area contributed by atoms with Crippen LogP contribution in [0.25, 0.3) is 0 Å². The number of benzene rings is 2. The first kappa shape index (κ1) is 17.8. The van der Waals surface area contributed by atoms with Crippen LogP contribution >= 0.6 is 0 Å². The molecule has 0 bridgehead atoms. The number of para-hydroxylation sites is 1. The fraction of sp³-hybridized carbons (Fsp3) is 0.167. The maximum Gasteiger partial charge on any atom is 0.342 e. The number of phenols is 1. The number of nitrogens with zero attached hydrogens (tertiary/aromatic N) is 1. The van der Waals surface area contributed by atoms with Crippen LogP contribution in [-0.2, 0) is 9.53 Å². The largest absolute Gasteiger partial charge is 0.507 e. The van der Waals surface area contributed by atoms with E-state index >= 15 is 0 Å². The lowest BCUT2D eigenvalue weighted by atomic mass is 10.2. The molecule has 0 aliphatic heterocycles. The van der Waals surface area contributed by atoms with E-state index in [1.165, 1.54) is 32.2 Å². The van der Waals surface area contributed by atoms with Crippen molar-refractivity contribution in [3.05, 3.63) is 53.6 Å². The molecule has 7 heteroatoms. The van der Waals surface area contributed by atoms with Crippen molar-refractivity contribution < 1.29 is 24.2 Å². The van der Waals surface area contributed by atoms with Crippen LogP contribution in [0.4, 0.5) is 5.69 Å². The molecule has 0 aliphatic rings. The zero-order chi connectivity index (χ0) is 18.4. The van der Waals surface area contributed by atoms with E-state index < -0.39 is 18.0 Å². The molecule has 128 valence electrons. The minimum atomic E-state index is -1.13. The highest BCUT2D eigenvalue weighted by molar-refractivity contribution is 5.99. The Morgan fingerprint density at radius 3 is 2.64 bits per heavy atom. The van der Waals surface area contributed by atoms with Gasteiger partial charge in [-0.2, -0.15) is 5.26 Å². The normalized spacial score (nSPS) is 11.1. The minimum absolute atomic E-state index is 0.114. The zero-order valence-corrected chi connectivity index (χ0v) is 13.6. The van der Waals surface area contributed by atoms with Crippen LogP contribution < -0.4 is 10.1 Å². The van der Waals surface area contributed by atoms with Gasteiger partial charge in [0, 0.05) is 0 Å². The summed E-state index contributed by atoms with van der Waals surface area (Å²) in [7, 11) is 1.42. The molecule has 0 aliphatic carbocycles. The number of anilines is 1. The number of esters is 1. The smallest absolute Gasteiger partial charge is 0.342 e. The molecule has 2 N–H and O–H groups in total. The minimum Gasteiger partial charge on any atom is -0.507 e. The van der Waals surface area contributed by atoms with Gasteiger partial charge in [-0.15, -0.1) is 0 Å². The van der Waals surface area contributed by atoms with E-state index in [2.05, 4.69) is 5.32 Å². The summed E-state index contributed by atoms with van der Waals surface area (Å²) >= 11 is 0. The lowest BCUT2D eigenvalue weighted by Crippen LogP contribution is -2.30. The van der Waals surface area contributed by atoms with Crippen LogP contribution in [0.1, 0.15) is 22.8 Å². The number of nitriles is 1. The molecule has 0 aromatic heterocycles. The Morgan fingerprint density at radius 1 is 1.24 bits per heavy atom. The summed E-state index contributed by atoms with van der Waals surface area (Å²) in [5.74, 6) is -1.39. The standard InChI is InChI=1S/C18H16N2O5/c1-11(17(22)20-15-6-4-3-5-12(15)10-19)25-18(23)14-9-13(24-2)7-8-16(14)21/h3-9,11,21H,1-2H3,(H,20,22)/t11-/m1/s1. The Hall–Kier alpha value is -3.53. The highest BCUT2D eigenvalue weighted by Gasteiger charge is 2.22. The Labute approximate surface area is 144 Å². The van der Waals surface area contributed by atoms with Crippen molar-refractivity contribution in [1.82, 2.24) is 0 Å². The van der Waals surface area contributed by atoms with E-state index in [4.69, 9.17) is 14.7 Å². The molecule has 2 rings (SSSR count). The van der Waals surface area contributed by atoms with E-state index in [9.17, 15) is 14.7 Å². The van der Waals surface area contributed by atoms with Gasteiger partial charge in [-0.05, 0) is 37.3 Å². The zero-order valence-electron chi connectivity index (χ0n) is 13.6. The Kier molecular flexibility index (Phi) is 5.58. The van der Waals surface area contributed by atoms with Crippen molar-refractivity contribution >= 4 is 17.6 Å². The summed E-state index contributed by atoms with van der Waals surface area (Å²) in [5.41, 5.74) is 0.498. The number of aromatic hydroxyl groups is 1. The maximum atomic E-state index is 12.2. The average molecular weight is 340 g/mol. The third kappa shape index (κ3) is 4.26. The van der Waals surface area contributed by atoms with Crippen LogP contribution in [0.3, 0.4) is 0 Å². The quantitative estimate of drug-likeness (QED) is 0.809. The van der Waals surface area contributed by atoms with Gasteiger partial charge in [0.15, 0.2) is 6.10 Å². The first-order chi connectivity index (χ1) is 12.0. The van der Waals surface area contributed by atoms with Crippen LogP contribution in [0.2, 0.25) is 0 Å². The second-order valence-electron chi connectivity index (χ2n) is 5.08. The molecule has 0 heterocycles. The van der Waals surface area contributed by atoms with Crippen molar-refractivity contribution in [1.29, 1.82) is 5.26 Å². The van der Waals surface area contributed by atoms with Gasteiger partial charge in [0.25, 0.3) is 5.91 Å². The van der Waals surface area contributed by atoms with Crippen molar-refractivity contribution in [2.75, 3.05) is 12.4 Å². The van der Waals surface area contributed by atoms with Crippen molar-refractivity contribution in [2.24, 2.45) is 0 Å². The summed E-state index contributed by atoms with van der Waals surface area (Å²) in [6, 6.07) is 12.5. The van der Waals surface area contributed by atoms with E-state index in [0.29, 0.717) is 17.0 Å². The van der Waals surface area contributed by atoms with Crippen LogP contribution in [-0.4, -0.2) is 30.2 Å². The molecule has 0 spiro atoms. The highest BCUT2D eigenvalue weighted by atomic mass is 16.5. The molecule has 0 saturated carbocycles. The van der Waals surface area contributed by atoms with Gasteiger partial charge in [0.05, 0.1) is 18.4 Å². The molecular formula is C18H16N2O5. The monoisotopic (exact) mass is 340 g/mol. The van der Waals surface area contributed by atoms with Crippen molar-refractivity contribution in [3.8, 4) is 17.6 Å². The third-order valence-corrected chi connectivity index (χ3v) is 3.38. The SMILES string of the molecule is COc1ccc(O)c(C(=O)O[C@H](C)C(=O)Nc2ccccc2C#N)c1. The lowest BCUT2D eigenvalue weighted by Gasteiger charge is -2.15. The number of amides is 1. The summed E-state index contributed by atoms with van der Waals surface area (Å²) in [6.45, 7) is 1.39. The number of hydrogen-bond acceptors (Lipinski definition) is 6. The number of carbonyl (C=O) groups excluding carboxylic acids is 2. The Morgan fingerprint density at radius 2 is 1.96 bits per heavy atom. The average Bonchev–Trinajstić information content (AvgIpc) is 2.62. The van der Waals surface area contributed by atoms with Gasteiger partial charge >= 0.3 is 5.97 Å². The summed E-state index contributed by atoms with van der Waals surface area (Å²) < 4.78 is 10.1. The first-order valence-corrected chi connectivity index (χ1v) is 7.34.